The minimum atomic E-state index is -0.293. The van der Waals surface area contributed by atoms with Gasteiger partial charge in [-0.2, -0.15) is 0 Å². The van der Waals surface area contributed by atoms with E-state index >= 15 is 0 Å². The van der Waals surface area contributed by atoms with Gasteiger partial charge in [0, 0.05) is 18.5 Å². The first-order valence-electron chi connectivity index (χ1n) is 9.31. The molecule has 3 rings (SSSR count). The molecule has 6 heteroatoms. The molecule has 0 saturated carbocycles. The van der Waals surface area contributed by atoms with Gasteiger partial charge in [0.25, 0.3) is 11.8 Å². The van der Waals surface area contributed by atoms with Crippen molar-refractivity contribution in [3.63, 3.8) is 0 Å². The fourth-order valence-electron chi connectivity index (χ4n) is 3.42. The molecular formula is C22H24N2O4. The lowest BCUT2D eigenvalue weighted by Crippen LogP contribution is -2.32. The standard InChI is InChI=1S/C22H24N2O4/c1-14-10-11-19(28-3)18(13-14)15(2)23-20(25)9-6-12-24-21(26)16-7-4-5-8-17(16)22(24)27/h4-5,7-8,10-11,13,15H,6,9,12H2,1-3H3,(H,23,25)/t15-/m1/s1. The maximum atomic E-state index is 12.3. The van der Waals surface area contributed by atoms with Crippen molar-refractivity contribution in [1.82, 2.24) is 10.2 Å². The molecule has 3 amide bonds. The fraction of sp³-hybridized carbons (Fsp3) is 0.318. The van der Waals surface area contributed by atoms with Crippen molar-refractivity contribution in [1.29, 1.82) is 0 Å². The number of ether oxygens (including phenoxy) is 1. The molecule has 2 aromatic carbocycles. The lowest BCUT2D eigenvalue weighted by atomic mass is 10.0. The molecule has 1 atom stereocenters. The average molecular weight is 380 g/mol. The van der Waals surface area contributed by atoms with Crippen molar-refractivity contribution in [2.45, 2.75) is 32.7 Å². The van der Waals surface area contributed by atoms with E-state index in [0.717, 1.165) is 16.9 Å². The van der Waals surface area contributed by atoms with Gasteiger partial charge in [0.15, 0.2) is 0 Å². The fourth-order valence-corrected chi connectivity index (χ4v) is 3.42. The van der Waals surface area contributed by atoms with Gasteiger partial charge in [-0.1, -0.05) is 29.8 Å². The molecule has 0 radical (unpaired) electrons. The summed E-state index contributed by atoms with van der Waals surface area (Å²) in [6.45, 7) is 4.11. The molecule has 1 heterocycles. The number of amides is 3. The molecule has 1 N–H and O–H groups in total. The van der Waals surface area contributed by atoms with Crippen LogP contribution in [0.2, 0.25) is 0 Å². The van der Waals surface area contributed by atoms with Crippen molar-refractivity contribution >= 4 is 17.7 Å². The molecule has 0 bridgehead atoms. The molecule has 1 aliphatic rings. The van der Waals surface area contributed by atoms with Crippen molar-refractivity contribution in [2.24, 2.45) is 0 Å². The van der Waals surface area contributed by atoms with Gasteiger partial charge in [0.1, 0.15) is 5.75 Å². The Morgan fingerprint density at radius 1 is 1.11 bits per heavy atom. The van der Waals surface area contributed by atoms with E-state index in [-0.39, 0.29) is 36.7 Å². The Balaban J connectivity index is 1.54. The van der Waals surface area contributed by atoms with Gasteiger partial charge in [-0.05, 0) is 38.5 Å². The summed E-state index contributed by atoms with van der Waals surface area (Å²) in [5, 5.41) is 2.96. The number of aryl methyl sites for hydroxylation is 1. The van der Waals surface area contributed by atoms with Crippen molar-refractivity contribution < 1.29 is 19.1 Å². The molecule has 2 aromatic rings. The smallest absolute Gasteiger partial charge is 0.261 e. The lowest BCUT2D eigenvalue weighted by molar-refractivity contribution is -0.121. The van der Waals surface area contributed by atoms with Gasteiger partial charge in [-0.15, -0.1) is 0 Å². The van der Waals surface area contributed by atoms with Crippen LogP contribution in [0, 0.1) is 6.92 Å². The van der Waals surface area contributed by atoms with E-state index in [2.05, 4.69) is 5.32 Å². The molecule has 1 aliphatic heterocycles. The normalized spacial score (nSPS) is 14.0. The van der Waals surface area contributed by atoms with Crippen molar-refractivity contribution in [2.75, 3.05) is 13.7 Å². The third kappa shape index (κ3) is 3.91. The summed E-state index contributed by atoms with van der Waals surface area (Å²) in [5.74, 6) is 0.00911. The lowest BCUT2D eigenvalue weighted by Gasteiger charge is -2.18. The summed E-state index contributed by atoms with van der Waals surface area (Å²) in [4.78, 5) is 38.2. The summed E-state index contributed by atoms with van der Waals surface area (Å²) >= 11 is 0. The highest BCUT2D eigenvalue weighted by Crippen LogP contribution is 2.26. The van der Waals surface area contributed by atoms with E-state index in [0.29, 0.717) is 17.5 Å². The summed E-state index contributed by atoms with van der Waals surface area (Å²) in [6.07, 6.45) is 0.640. The first kappa shape index (κ1) is 19.6. The Morgan fingerprint density at radius 3 is 2.36 bits per heavy atom. The quantitative estimate of drug-likeness (QED) is 0.748. The second kappa shape index (κ2) is 8.25. The highest BCUT2D eigenvalue weighted by atomic mass is 16.5. The number of methoxy groups -OCH3 is 1. The minimum Gasteiger partial charge on any atom is -0.496 e. The van der Waals surface area contributed by atoms with Crippen LogP contribution in [0.4, 0.5) is 0 Å². The number of nitrogens with one attached hydrogen (secondary N) is 1. The number of rotatable bonds is 7. The third-order valence-corrected chi connectivity index (χ3v) is 4.89. The van der Waals surface area contributed by atoms with E-state index in [1.54, 1.807) is 31.4 Å². The molecule has 146 valence electrons. The van der Waals surface area contributed by atoms with Gasteiger partial charge in [0.05, 0.1) is 24.3 Å². The van der Waals surface area contributed by atoms with Crippen molar-refractivity contribution in [3.8, 4) is 5.75 Å². The van der Waals surface area contributed by atoms with Crippen LogP contribution in [-0.4, -0.2) is 36.3 Å². The van der Waals surface area contributed by atoms with E-state index in [1.807, 2.05) is 32.0 Å². The van der Waals surface area contributed by atoms with Crippen LogP contribution >= 0.6 is 0 Å². The molecule has 28 heavy (non-hydrogen) atoms. The SMILES string of the molecule is COc1ccc(C)cc1[C@@H](C)NC(=O)CCCN1C(=O)c2ccccc2C1=O. The Kier molecular flexibility index (Phi) is 5.78. The summed E-state index contributed by atoms with van der Waals surface area (Å²) < 4.78 is 5.37. The number of carbonyl (C=O) groups is 3. The van der Waals surface area contributed by atoms with Crippen LogP contribution in [-0.2, 0) is 4.79 Å². The summed E-state index contributed by atoms with van der Waals surface area (Å²) in [7, 11) is 1.60. The van der Waals surface area contributed by atoms with Crippen LogP contribution in [0.3, 0.4) is 0 Å². The average Bonchev–Trinajstić information content (AvgIpc) is 2.93. The second-order valence-electron chi connectivity index (χ2n) is 6.95. The zero-order chi connectivity index (χ0) is 20.3. The van der Waals surface area contributed by atoms with Crippen LogP contribution < -0.4 is 10.1 Å². The monoisotopic (exact) mass is 380 g/mol. The van der Waals surface area contributed by atoms with Gasteiger partial charge in [-0.3, -0.25) is 19.3 Å². The number of carbonyl (C=O) groups excluding carboxylic acids is 3. The molecule has 0 saturated heterocycles. The molecule has 0 fully saturated rings. The summed E-state index contributed by atoms with van der Waals surface area (Å²) in [6, 6.07) is 12.4. The van der Waals surface area contributed by atoms with E-state index in [1.165, 1.54) is 4.90 Å². The first-order valence-corrected chi connectivity index (χ1v) is 9.31. The highest BCUT2D eigenvalue weighted by Gasteiger charge is 2.34. The van der Waals surface area contributed by atoms with Crippen LogP contribution in [0.5, 0.6) is 5.75 Å². The van der Waals surface area contributed by atoms with Gasteiger partial charge < -0.3 is 10.1 Å². The second-order valence-corrected chi connectivity index (χ2v) is 6.95. The Labute approximate surface area is 164 Å². The predicted octanol–water partition coefficient (Wildman–Crippen LogP) is 3.26. The molecule has 0 unspecified atom stereocenters. The molecule has 0 aromatic heterocycles. The number of hydrogen-bond donors (Lipinski definition) is 1. The van der Waals surface area contributed by atoms with Crippen LogP contribution in [0.25, 0.3) is 0 Å². The third-order valence-electron chi connectivity index (χ3n) is 4.89. The minimum absolute atomic E-state index is 0.132. The van der Waals surface area contributed by atoms with Crippen molar-refractivity contribution in [3.05, 3.63) is 64.7 Å². The molecule has 0 aliphatic carbocycles. The number of hydrogen-bond acceptors (Lipinski definition) is 4. The van der Waals surface area contributed by atoms with Crippen LogP contribution in [0.1, 0.15) is 57.7 Å². The molecular weight excluding hydrogens is 356 g/mol. The van der Waals surface area contributed by atoms with E-state index < -0.39 is 0 Å². The zero-order valence-corrected chi connectivity index (χ0v) is 16.3. The topological polar surface area (TPSA) is 75.7 Å². The maximum absolute atomic E-state index is 12.3. The summed E-state index contributed by atoms with van der Waals surface area (Å²) in [5.41, 5.74) is 2.85. The maximum Gasteiger partial charge on any atom is 0.261 e. The number of benzene rings is 2. The van der Waals surface area contributed by atoms with E-state index in [9.17, 15) is 14.4 Å². The number of imide groups is 1. The van der Waals surface area contributed by atoms with Gasteiger partial charge in [-0.25, -0.2) is 0 Å². The highest BCUT2D eigenvalue weighted by molar-refractivity contribution is 6.21. The zero-order valence-electron chi connectivity index (χ0n) is 16.3. The Morgan fingerprint density at radius 2 is 1.75 bits per heavy atom. The Bertz CT molecular complexity index is 888. The van der Waals surface area contributed by atoms with Gasteiger partial charge in [0.2, 0.25) is 5.91 Å². The van der Waals surface area contributed by atoms with Crippen LogP contribution in [0.15, 0.2) is 42.5 Å². The molecule has 6 nitrogen and oxygen atoms in total. The molecule has 0 spiro atoms. The van der Waals surface area contributed by atoms with Gasteiger partial charge >= 0.3 is 0 Å². The largest absolute Gasteiger partial charge is 0.496 e. The Hall–Kier alpha value is -3.15. The first-order chi connectivity index (χ1) is 13.4. The number of nitrogens with zero attached hydrogens (tertiary/aromatic N) is 1. The predicted molar refractivity (Wildman–Crippen MR) is 105 cm³/mol. The number of fused-ring (bicyclic) bond motifs is 1. The van der Waals surface area contributed by atoms with E-state index in [4.69, 9.17) is 4.74 Å².